The maximum atomic E-state index is 9.13. The standard InChI is InChI=1S/C23H25ClN6O/c24-21-9-15(10-22(29-21)28-18-4-2-1-3-5-18)20-13-26-23-19(20)8-16(11-25-23)17-12-27-30(14-17)6-7-31/h8-14,18,31H,1-7H2,(H,25,26)(H,28,29). The molecule has 8 heteroatoms. The molecule has 1 fully saturated rings. The van der Waals surface area contributed by atoms with Crippen LogP contribution in [0.2, 0.25) is 5.15 Å². The lowest BCUT2D eigenvalue weighted by atomic mass is 9.95. The maximum Gasteiger partial charge on any atom is 0.137 e. The van der Waals surface area contributed by atoms with E-state index < -0.39 is 0 Å². The van der Waals surface area contributed by atoms with Gasteiger partial charge in [-0.1, -0.05) is 30.9 Å². The number of pyridine rings is 2. The summed E-state index contributed by atoms with van der Waals surface area (Å²) in [7, 11) is 0. The maximum absolute atomic E-state index is 9.13. The fraction of sp³-hybridized carbons (Fsp3) is 0.348. The molecule has 4 heterocycles. The van der Waals surface area contributed by atoms with E-state index in [1.165, 1.54) is 32.1 Å². The minimum Gasteiger partial charge on any atom is -0.394 e. The number of anilines is 1. The van der Waals surface area contributed by atoms with Crippen LogP contribution in [0, 0.1) is 0 Å². The number of aliphatic hydroxyl groups is 1. The highest BCUT2D eigenvalue weighted by Crippen LogP contribution is 2.33. The zero-order chi connectivity index (χ0) is 21.2. The van der Waals surface area contributed by atoms with E-state index in [-0.39, 0.29) is 6.61 Å². The van der Waals surface area contributed by atoms with Crippen molar-refractivity contribution >= 4 is 28.5 Å². The molecule has 0 aromatic carbocycles. The van der Waals surface area contributed by atoms with Crippen LogP contribution in [0.25, 0.3) is 33.3 Å². The van der Waals surface area contributed by atoms with Crippen molar-refractivity contribution in [3.05, 3.63) is 48.1 Å². The summed E-state index contributed by atoms with van der Waals surface area (Å²) in [6, 6.07) is 6.52. The summed E-state index contributed by atoms with van der Waals surface area (Å²) in [5, 5.41) is 18.5. The van der Waals surface area contributed by atoms with Crippen LogP contribution in [0.15, 0.2) is 43.0 Å². The predicted octanol–water partition coefficient (Wildman–Crippen LogP) is 4.88. The van der Waals surface area contributed by atoms with E-state index in [4.69, 9.17) is 16.7 Å². The number of aliphatic hydroxyl groups excluding tert-OH is 1. The number of H-pyrrole nitrogens is 1. The highest BCUT2D eigenvalue weighted by Gasteiger charge is 2.16. The van der Waals surface area contributed by atoms with Gasteiger partial charge in [0, 0.05) is 46.7 Å². The van der Waals surface area contributed by atoms with Crippen molar-refractivity contribution in [2.45, 2.75) is 44.7 Å². The van der Waals surface area contributed by atoms with Gasteiger partial charge in [-0.2, -0.15) is 5.10 Å². The van der Waals surface area contributed by atoms with Gasteiger partial charge in [-0.15, -0.1) is 0 Å². The molecular formula is C23H25ClN6O. The molecule has 0 radical (unpaired) electrons. The van der Waals surface area contributed by atoms with Gasteiger partial charge < -0.3 is 15.4 Å². The first-order chi connectivity index (χ1) is 15.2. The van der Waals surface area contributed by atoms with Crippen molar-refractivity contribution in [1.29, 1.82) is 0 Å². The molecule has 1 aliphatic rings. The zero-order valence-corrected chi connectivity index (χ0v) is 17.9. The van der Waals surface area contributed by atoms with Gasteiger partial charge in [-0.25, -0.2) is 9.97 Å². The molecule has 0 atom stereocenters. The van der Waals surface area contributed by atoms with Crippen LogP contribution in [0.1, 0.15) is 32.1 Å². The summed E-state index contributed by atoms with van der Waals surface area (Å²) in [4.78, 5) is 12.4. The van der Waals surface area contributed by atoms with E-state index in [1.54, 1.807) is 10.9 Å². The van der Waals surface area contributed by atoms with Crippen LogP contribution in [-0.4, -0.2) is 42.5 Å². The second-order valence-corrected chi connectivity index (χ2v) is 8.47. The van der Waals surface area contributed by atoms with E-state index in [9.17, 15) is 0 Å². The molecule has 3 N–H and O–H groups in total. The van der Waals surface area contributed by atoms with Crippen LogP contribution in [0.5, 0.6) is 0 Å². The second kappa shape index (κ2) is 8.69. The molecule has 5 rings (SSSR count). The Morgan fingerprint density at radius 2 is 1.97 bits per heavy atom. The van der Waals surface area contributed by atoms with E-state index in [1.807, 2.05) is 24.7 Å². The normalized spacial score (nSPS) is 14.9. The van der Waals surface area contributed by atoms with Crippen LogP contribution in [0.3, 0.4) is 0 Å². The Morgan fingerprint density at radius 1 is 1.10 bits per heavy atom. The van der Waals surface area contributed by atoms with Gasteiger partial charge >= 0.3 is 0 Å². The summed E-state index contributed by atoms with van der Waals surface area (Å²) in [5.41, 5.74) is 4.78. The lowest BCUT2D eigenvalue weighted by Crippen LogP contribution is -2.22. The largest absolute Gasteiger partial charge is 0.394 e. The molecule has 0 bridgehead atoms. The molecule has 4 aromatic rings. The Morgan fingerprint density at radius 3 is 2.81 bits per heavy atom. The SMILES string of the molecule is OCCn1cc(-c2cnc3[nH]cc(-c4cc(Cl)nc(NC5CCCCC5)c4)c3c2)cn1. The molecule has 31 heavy (non-hydrogen) atoms. The van der Waals surface area contributed by atoms with Crippen molar-refractivity contribution in [1.82, 2.24) is 24.7 Å². The quantitative estimate of drug-likeness (QED) is 0.375. The highest BCUT2D eigenvalue weighted by atomic mass is 35.5. The summed E-state index contributed by atoms with van der Waals surface area (Å²) in [6.07, 6.45) is 13.7. The number of fused-ring (bicyclic) bond motifs is 1. The monoisotopic (exact) mass is 436 g/mol. The van der Waals surface area contributed by atoms with E-state index >= 15 is 0 Å². The van der Waals surface area contributed by atoms with Crippen molar-refractivity contribution < 1.29 is 5.11 Å². The number of halogens is 1. The van der Waals surface area contributed by atoms with Gasteiger partial charge in [-0.05, 0) is 36.6 Å². The first kappa shape index (κ1) is 20.0. The fourth-order valence-corrected chi connectivity index (χ4v) is 4.53. The predicted molar refractivity (Wildman–Crippen MR) is 123 cm³/mol. The van der Waals surface area contributed by atoms with Crippen LogP contribution < -0.4 is 5.32 Å². The molecule has 0 spiro atoms. The van der Waals surface area contributed by atoms with Gasteiger partial charge in [0.05, 0.1) is 19.3 Å². The molecule has 0 aliphatic heterocycles. The van der Waals surface area contributed by atoms with E-state index in [0.717, 1.165) is 39.1 Å². The summed E-state index contributed by atoms with van der Waals surface area (Å²) in [5.74, 6) is 0.818. The van der Waals surface area contributed by atoms with Gasteiger partial charge in [0.2, 0.25) is 0 Å². The fourth-order valence-electron chi connectivity index (χ4n) is 4.32. The third-order valence-electron chi connectivity index (χ3n) is 5.89. The molecule has 0 amide bonds. The summed E-state index contributed by atoms with van der Waals surface area (Å²) in [6.45, 7) is 0.526. The first-order valence-electron chi connectivity index (χ1n) is 10.7. The molecule has 7 nitrogen and oxygen atoms in total. The number of nitrogens with zero attached hydrogens (tertiary/aromatic N) is 4. The van der Waals surface area contributed by atoms with Gasteiger partial charge in [-0.3, -0.25) is 4.68 Å². The molecule has 0 saturated heterocycles. The molecule has 1 aliphatic carbocycles. The number of hydrogen-bond donors (Lipinski definition) is 3. The number of nitrogens with one attached hydrogen (secondary N) is 2. The average Bonchev–Trinajstić information content (AvgIpc) is 3.41. The van der Waals surface area contributed by atoms with Crippen molar-refractivity contribution in [3.63, 3.8) is 0 Å². The van der Waals surface area contributed by atoms with Crippen molar-refractivity contribution in [2.75, 3.05) is 11.9 Å². The average molecular weight is 437 g/mol. The van der Waals surface area contributed by atoms with Crippen LogP contribution in [-0.2, 0) is 6.54 Å². The number of aromatic amines is 1. The second-order valence-electron chi connectivity index (χ2n) is 8.08. The summed E-state index contributed by atoms with van der Waals surface area (Å²) < 4.78 is 1.73. The lowest BCUT2D eigenvalue weighted by molar-refractivity contribution is 0.269. The zero-order valence-electron chi connectivity index (χ0n) is 17.2. The Kier molecular flexibility index (Phi) is 5.61. The minimum absolute atomic E-state index is 0.0559. The summed E-state index contributed by atoms with van der Waals surface area (Å²) >= 11 is 6.39. The van der Waals surface area contributed by atoms with Gasteiger partial charge in [0.1, 0.15) is 16.6 Å². The number of hydrogen-bond acceptors (Lipinski definition) is 5. The molecule has 4 aromatic heterocycles. The van der Waals surface area contributed by atoms with Gasteiger partial charge in [0.15, 0.2) is 0 Å². The number of rotatable bonds is 6. The molecule has 0 unspecified atom stereocenters. The Bertz CT molecular complexity index is 1190. The van der Waals surface area contributed by atoms with Crippen LogP contribution in [0.4, 0.5) is 5.82 Å². The van der Waals surface area contributed by atoms with Crippen LogP contribution >= 0.6 is 11.6 Å². The Labute approximate surface area is 185 Å². The molecule has 160 valence electrons. The third-order valence-corrected chi connectivity index (χ3v) is 6.08. The Hall–Kier alpha value is -2.90. The molecule has 1 saturated carbocycles. The Balaban J connectivity index is 1.49. The highest BCUT2D eigenvalue weighted by molar-refractivity contribution is 6.29. The van der Waals surface area contributed by atoms with Crippen molar-refractivity contribution in [2.24, 2.45) is 0 Å². The number of aromatic nitrogens is 5. The van der Waals surface area contributed by atoms with E-state index in [0.29, 0.717) is 17.7 Å². The lowest BCUT2D eigenvalue weighted by Gasteiger charge is -2.23. The third kappa shape index (κ3) is 4.29. The van der Waals surface area contributed by atoms with E-state index in [2.05, 4.69) is 37.5 Å². The minimum atomic E-state index is 0.0559. The van der Waals surface area contributed by atoms with Gasteiger partial charge in [0.25, 0.3) is 0 Å². The van der Waals surface area contributed by atoms with Crippen molar-refractivity contribution in [3.8, 4) is 22.3 Å². The topological polar surface area (TPSA) is 91.6 Å². The molecular weight excluding hydrogens is 412 g/mol. The smallest absolute Gasteiger partial charge is 0.137 e. The first-order valence-corrected chi connectivity index (χ1v) is 11.1.